The van der Waals surface area contributed by atoms with Crippen LogP contribution in [0.5, 0.6) is 0 Å². The quantitative estimate of drug-likeness (QED) is 0.789. The molecule has 1 heterocycles. The first kappa shape index (κ1) is 14.4. The van der Waals surface area contributed by atoms with E-state index in [0.29, 0.717) is 15.7 Å². The van der Waals surface area contributed by atoms with Crippen molar-refractivity contribution in [2.24, 2.45) is 0 Å². The Balaban J connectivity index is 2.31. The van der Waals surface area contributed by atoms with Crippen LogP contribution in [0.3, 0.4) is 0 Å². The van der Waals surface area contributed by atoms with Crippen LogP contribution in [-0.4, -0.2) is 10.9 Å². The number of hydrogen-bond donors (Lipinski definition) is 1. The Morgan fingerprint density at radius 2 is 1.53 bits per heavy atom. The zero-order chi connectivity index (χ0) is 14.0. The summed E-state index contributed by atoms with van der Waals surface area (Å²) in [6.45, 7) is 0. The van der Waals surface area contributed by atoms with Gasteiger partial charge in [0.05, 0.1) is 15.7 Å². The smallest absolute Gasteiger partial charge is 0.255 e. The van der Waals surface area contributed by atoms with Crippen LogP contribution >= 0.6 is 46.4 Å². The van der Waals surface area contributed by atoms with Gasteiger partial charge in [-0.3, -0.25) is 4.79 Å². The molecule has 0 aliphatic heterocycles. The summed E-state index contributed by atoms with van der Waals surface area (Å²) in [5.74, 6) is -0.429. The number of rotatable bonds is 2. The van der Waals surface area contributed by atoms with E-state index in [4.69, 9.17) is 46.4 Å². The minimum atomic E-state index is -0.429. The van der Waals surface area contributed by atoms with Gasteiger partial charge < -0.3 is 5.32 Å². The molecule has 0 aliphatic carbocycles. The minimum Gasteiger partial charge on any atom is -0.319 e. The number of carbonyl (C=O) groups is 1. The molecule has 0 saturated heterocycles. The lowest BCUT2D eigenvalue weighted by Gasteiger charge is -2.09. The summed E-state index contributed by atoms with van der Waals surface area (Å²) in [7, 11) is 0. The number of benzene rings is 1. The van der Waals surface area contributed by atoms with E-state index >= 15 is 0 Å². The zero-order valence-electron chi connectivity index (χ0n) is 9.25. The number of pyridine rings is 1. The average Bonchev–Trinajstić information content (AvgIpc) is 2.32. The van der Waals surface area contributed by atoms with E-state index in [1.165, 1.54) is 12.1 Å². The third-order valence-electron chi connectivity index (χ3n) is 2.23. The van der Waals surface area contributed by atoms with Gasteiger partial charge in [-0.15, -0.1) is 0 Å². The van der Waals surface area contributed by atoms with Crippen LogP contribution in [0.4, 0.5) is 5.69 Å². The number of hydrogen-bond acceptors (Lipinski definition) is 2. The molecular weight excluding hydrogens is 330 g/mol. The molecule has 98 valence electrons. The molecule has 3 nitrogen and oxygen atoms in total. The highest BCUT2D eigenvalue weighted by atomic mass is 35.5. The van der Waals surface area contributed by atoms with Crippen molar-refractivity contribution in [2.75, 3.05) is 5.32 Å². The summed E-state index contributed by atoms with van der Waals surface area (Å²) in [6.07, 6.45) is 0. The molecule has 2 rings (SSSR count). The molecule has 0 atom stereocenters. The highest BCUT2D eigenvalue weighted by Crippen LogP contribution is 2.30. The third-order valence-corrected chi connectivity index (χ3v) is 3.24. The number of nitrogens with zero attached hydrogens (tertiary/aromatic N) is 1. The number of para-hydroxylation sites is 1. The molecule has 1 aromatic carbocycles. The number of anilines is 1. The maximum absolute atomic E-state index is 12.0. The lowest BCUT2D eigenvalue weighted by molar-refractivity contribution is 0.102. The first-order valence-electron chi connectivity index (χ1n) is 5.06. The van der Waals surface area contributed by atoms with Crippen LogP contribution in [0, 0.1) is 0 Å². The molecule has 0 fully saturated rings. The van der Waals surface area contributed by atoms with Crippen LogP contribution in [-0.2, 0) is 0 Å². The van der Waals surface area contributed by atoms with E-state index in [1.807, 2.05) is 0 Å². The maximum Gasteiger partial charge on any atom is 0.255 e. The molecule has 1 N–H and O–H groups in total. The van der Waals surface area contributed by atoms with E-state index in [9.17, 15) is 4.79 Å². The Kier molecular flexibility index (Phi) is 4.53. The largest absolute Gasteiger partial charge is 0.319 e. The minimum absolute atomic E-state index is 0.128. The lowest BCUT2D eigenvalue weighted by Crippen LogP contribution is -2.12. The van der Waals surface area contributed by atoms with Gasteiger partial charge in [0.25, 0.3) is 5.91 Å². The van der Waals surface area contributed by atoms with Crippen molar-refractivity contribution in [1.82, 2.24) is 4.98 Å². The molecule has 0 unspecified atom stereocenters. The van der Waals surface area contributed by atoms with Crippen molar-refractivity contribution >= 4 is 58.0 Å². The highest BCUT2D eigenvalue weighted by Gasteiger charge is 2.13. The summed E-state index contributed by atoms with van der Waals surface area (Å²) >= 11 is 23.4. The molecule has 1 amide bonds. The van der Waals surface area contributed by atoms with Gasteiger partial charge in [-0.1, -0.05) is 52.5 Å². The summed E-state index contributed by atoms with van der Waals surface area (Å²) in [5, 5.41) is 3.54. The Morgan fingerprint density at radius 1 is 1.00 bits per heavy atom. The SMILES string of the molecule is O=C(Nc1c(Cl)cccc1Cl)c1cc(Cl)nc(Cl)c1. The molecule has 7 heteroatoms. The van der Waals surface area contributed by atoms with Crippen LogP contribution in [0.1, 0.15) is 10.4 Å². The van der Waals surface area contributed by atoms with Gasteiger partial charge in [0.2, 0.25) is 0 Å². The molecule has 0 bridgehead atoms. The summed E-state index contributed by atoms with van der Waals surface area (Å²) < 4.78 is 0. The van der Waals surface area contributed by atoms with Gasteiger partial charge >= 0.3 is 0 Å². The predicted molar refractivity (Wildman–Crippen MR) is 78.7 cm³/mol. The molecule has 0 aliphatic rings. The fourth-order valence-electron chi connectivity index (χ4n) is 1.40. The fourth-order valence-corrected chi connectivity index (χ4v) is 2.35. The van der Waals surface area contributed by atoms with Crippen LogP contribution in [0.15, 0.2) is 30.3 Å². The van der Waals surface area contributed by atoms with E-state index in [1.54, 1.807) is 18.2 Å². The van der Waals surface area contributed by atoms with E-state index in [0.717, 1.165) is 0 Å². The fraction of sp³-hybridized carbons (Fsp3) is 0. The normalized spacial score (nSPS) is 10.3. The van der Waals surface area contributed by atoms with Crippen molar-refractivity contribution in [2.45, 2.75) is 0 Å². The second-order valence-electron chi connectivity index (χ2n) is 3.55. The van der Waals surface area contributed by atoms with E-state index < -0.39 is 5.91 Å². The molecular formula is C12H6Cl4N2O. The monoisotopic (exact) mass is 334 g/mol. The summed E-state index contributed by atoms with van der Waals surface area (Å²) in [5.41, 5.74) is 0.598. The Labute approximate surface area is 129 Å². The summed E-state index contributed by atoms with van der Waals surface area (Å²) in [4.78, 5) is 15.8. The molecule has 1 aromatic heterocycles. The Hall–Kier alpha value is -1.00. The highest BCUT2D eigenvalue weighted by molar-refractivity contribution is 6.40. The number of nitrogens with one attached hydrogen (secondary N) is 1. The van der Waals surface area contributed by atoms with Crippen LogP contribution in [0.25, 0.3) is 0 Å². The maximum atomic E-state index is 12.0. The molecule has 0 saturated carbocycles. The van der Waals surface area contributed by atoms with E-state index in [2.05, 4.69) is 10.3 Å². The van der Waals surface area contributed by atoms with Gasteiger partial charge in [0.1, 0.15) is 10.3 Å². The Morgan fingerprint density at radius 3 is 2.05 bits per heavy atom. The van der Waals surface area contributed by atoms with E-state index in [-0.39, 0.29) is 15.9 Å². The van der Waals surface area contributed by atoms with Gasteiger partial charge in [0, 0.05) is 5.56 Å². The molecule has 0 radical (unpaired) electrons. The average molecular weight is 336 g/mol. The predicted octanol–water partition coefficient (Wildman–Crippen LogP) is 4.95. The van der Waals surface area contributed by atoms with Gasteiger partial charge in [-0.25, -0.2) is 4.98 Å². The Bertz CT molecular complexity index is 605. The number of amides is 1. The topological polar surface area (TPSA) is 42.0 Å². The summed E-state index contributed by atoms with van der Waals surface area (Å²) in [6, 6.07) is 7.71. The van der Waals surface area contributed by atoms with Crippen LogP contribution < -0.4 is 5.32 Å². The second-order valence-corrected chi connectivity index (χ2v) is 5.14. The number of carbonyl (C=O) groups excluding carboxylic acids is 1. The standard InChI is InChI=1S/C12H6Cl4N2O/c13-7-2-1-3-8(14)11(7)18-12(19)6-4-9(15)17-10(16)5-6/h1-5H,(H,18,19). The first-order chi connectivity index (χ1) is 8.97. The van der Waals surface area contributed by atoms with Gasteiger partial charge in [0.15, 0.2) is 0 Å². The second kappa shape index (κ2) is 5.97. The molecule has 0 spiro atoms. The van der Waals surface area contributed by atoms with Crippen molar-refractivity contribution in [3.05, 3.63) is 56.2 Å². The number of aromatic nitrogens is 1. The molecule has 2 aromatic rings. The van der Waals surface area contributed by atoms with Gasteiger partial charge in [-0.2, -0.15) is 0 Å². The van der Waals surface area contributed by atoms with Crippen molar-refractivity contribution in [1.29, 1.82) is 0 Å². The van der Waals surface area contributed by atoms with Crippen molar-refractivity contribution in [3.8, 4) is 0 Å². The van der Waals surface area contributed by atoms with Crippen LogP contribution in [0.2, 0.25) is 20.4 Å². The van der Waals surface area contributed by atoms with Crippen molar-refractivity contribution < 1.29 is 4.79 Å². The number of halogens is 4. The van der Waals surface area contributed by atoms with Gasteiger partial charge in [-0.05, 0) is 24.3 Å². The molecule has 19 heavy (non-hydrogen) atoms. The van der Waals surface area contributed by atoms with Crippen molar-refractivity contribution in [3.63, 3.8) is 0 Å². The first-order valence-corrected chi connectivity index (χ1v) is 6.57. The zero-order valence-corrected chi connectivity index (χ0v) is 12.3. The third kappa shape index (κ3) is 3.51. The lowest BCUT2D eigenvalue weighted by atomic mass is 10.2.